The van der Waals surface area contributed by atoms with Gasteiger partial charge < -0.3 is 19.2 Å². The molecule has 0 aromatic carbocycles. The molecule has 0 aliphatic carbocycles. The molecule has 1 heterocycles. The van der Waals surface area contributed by atoms with Gasteiger partial charge in [0.1, 0.15) is 6.61 Å². The number of aliphatic hydroxyl groups excluding tert-OH is 1. The van der Waals surface area contributed by atoms with Gasteiger partial charge in [0.15, 0.2) is 8.32 Å². The summed E-state index contributed by atoms with van der Waals surface area (Å²) in [6.07, 6.45) is 2.54. The fourth-order valence-electron chi connectivity index (χ4n) is 2.41. The average molecular weight is 330 g/mol. The maximum absolute atomic E-state index is 12.1. The Bertz CT molecular complexity index is 392. The van der Waals surface area contributed by atoms with Crippen LogP contribution in [-0.2, 0) is 9.16 Å². The summed E-state index contributed by atoms with van der Waals surface area (Å²) in [7, 11) is -1.87. The number of rotatable bonds is 6. The van der Waals surface area contributed by atoms with E-state index in [1.165, 1.54) is 0 Å². The van der Waals surface area contributed by atoms with Crippen LogP contribution in [0, 0.1) is 0 Å². The van der Waals surface area contributed by atoms with E-state index in [2.05, 4.69) is 40.4 Å². The van der Waals surface area contributed by atoms with Crippen LogP contribution in [0.3, 0.4) is 0 Å². The van der Waals surface area contributed by atoms with E-state index in [1.807, 2.05) is 0 Å². The summed E-state index contributed by atoms with van der Waals surface area (Å²) < 4.78 is 11.6. The summed E-state index contributed by atoms with van der Waals surface area (Å²) in [5, 5.41) is 9.36. The Labute approximate surface area is 135 Å². The van der Waals surface area contributed by atoms with E-state index in [0.717, 1.165) is 6.42 Å². The number of hydrogen-bond donors (Lipinski definition) is 1. The molecule has 0 aromatic rings. The van der Waals surface area contributed by atoms with E-state index in [1.54, 1.807) is 11.0 Å². The minimum atomic E-state index is -1.87. The Morgan fingerprint density at radius 2 is 2.09 bits per heavy atom. The second kappa shape index (κ2) is 7.61. The topological polar surface area (TPSA) is 59.0 Å². The third-order valence-electron chi connectivity index (χ3n) is 4.67. The van der Waals surface area contributed by atoms with Crippen LogP contribution in [-0.4, -0.2) is 56.3 Å². The Kier molecular flexibility index (Phi) is 6.64. The highest BCUT2D eigenvalue weighted by Gasteiger charge is 2.43. The molecule has 0 bridgehead atoms. The van der Waals surface area contributed by atoms with E-state index in [9.17, 15) is 9.90 Å². The van der Waals surface area contributed by atoms with Crippen LogP contribution in [0.4, 0.5) is 4.79 Å². The summed E-state index contributed by atoms with van der Waals surface area (Å²) >= 11 is 0. The van der Waals surface area contributed by atoms with Crippen molar-refractivity contribution >= 4 is 14.4 Å². The molecule has 1 saturated heterocycles. The first-order chi connectivity index (χ1) is 10.1. The van der Waals surface area contributed by atoms with E-state index in [-0.39, 0.29) is 36.5 Å². The molecule has 1 aliphatic heterocycles. The predicted octanol–water partition coefficient (Wildman–Crippen LogP) is 3.16. The quantitative estimate of drug-likeness (QED) is 0.601. The van der Waals surface area contributed by atoms with Crippen molar-refractivity contribution in [2.24, 2.45) is 0 Å². The first-order valence-corrected chi connectivity index (χ1v) is 10.9. The molecule has 0 saturated carbocycles. The number of carbonyl (C=O) groups excluding carboxylic acids is 1. The molecular formula is C16H31NO4Si. The van der Waals surface area contributed by atoms with E-state index in [0.29, 0.717) is 13.0 Å². The van der Waals surface area contributed by atoms with Gasteiger partial charge in [0, 0.05) is 19.2 Å². The van der Waals surface area contributed by atoms with Crippen molar-refractivity contribution in [3.05, 3.63) is 12.7 Å². The van der Waals surface area contributed by atoms with Crippen molar-refractivity contribution in [1.29, 1.82) is 0 Å². The zero-order valence-electron chi connectivity index (χ0n) is 14.6. The van der Waals surface area contributed by atoms with Crippen LogP contribution in [0.15, 0.2) is 12.7 Å². The second-order valence-corrected chi connectivity index (χ2v) is 12.2. The fourth-order valence-corrected chi connectivity index (χ4v) is 3.77. The van der Waals surface area contributed by atoms with Crippen LogP contribution in [0.1, 0.15) is 33.6 Å². The van der Waals surface area contributed by atoms with Gasteiger partial charge in [-0.1, -0.05) is 33.4 Å². The van der Waals surface area contributed by atoms with Crippen molar-refractivity contribution < 1.29 is 19.1 Å². The normalized spacial score (nSPS) is 22.7. The van der Waals surface area contributed by atoms with Gasteiger partial charge in [-0.2, -0.15) is 0 Å². The summed E-state index contributed by atoms with van der Waals surface area (Å²) in [5.74, 6) is 0. The van der Waals surface area contributed by atoms with Gasteiger partial charge in [-0.3, -0.25) is 0 Å². The van der Waals surface area contributed by atoms with Crippen LogP contribution in [0.2, 0.25) is 18.1 Å². The Balaban J connectivity index is 2.73. The number of carbonyl (C=O) groups is 1. The first kappa shape index (κ1) is 19.2. The van der Waals surface area contributed by atoms with Gasteiger partial charge in [0.25, 0.3) is 0 Å². The number of amides is 1. The molecule has 2 atom stereocenters. The molecular weight excluding hydrogens is 298 g/mol. The Hall–Kier alpha value is -0.853. The molecule has 1 N–H and O–H groups in total. The molecule has 1 fully saturated rings. The van der Waals surface area contributed by atoms with Crippen LogP contribution >= 0.6 is 0 Å². The lowest BCUT2D eigenvalue weighted by atomic mass is 10.1. The van der Waals surface area contributed by atoms with Crippen molar-refractivity contribution in [3.8, 4) is 0 Å². The molecule has 0 radical (unpaired) electrons. The van der Waals surface area contributed by atoms with Gasteiger partial charge in [0.05, 0.1) is 6.10 Å². The zero-order chi connectivity index (χ0) is 17.0. The number of likely N-dealkylation sites (tertiary alicyclic amines) is 1. The van der Waals surface area contributed by atoms with Crippen LogP contribution in [0.5, 0.6) is 0 Å². The van der Waals surface area contributed by atoms with Crippen molar-refractivity contribution in [1.82, 2.24) is 4.90 Å². The van der Waals surface area contributed by atoms with E-state index >= 15 is 0 Å². The molecule has 5 nitrogen and oxygen atoms in total. The standard InChI is InChI=1S/C16H31NO4Si/c1-7-10-20-15(19)17-12-14(11-13(17)8-9-18)21-22(5,6)16(2,3)4/h7,13-14,18H,1,8-12H2,2-6H3. The van der Waals surface area contributed by atoms with Gasteiger partial charge in [0.2, 0.25) is 0 Å². The Morgan fingerprint density at radius 3 is 2.59 bits per heavy atom. The van der Waals surface area contributed by atoms with Gasteiger partial charge in [-0.05, 0) is 31.0 Å². The highest BCUT2D eigenvalue weighted by molar-refractivity contribution is 6.74. The van der Waals surface area contributed by atoms with Gasteiger partial charge >= 0.3 is 6.09 Å². The highest BCUT2D eigenvalue weighted by Crippen LogP contribution is 2.39. The maximum Gasteiger partial charge on any atom is 0.410 e. The molecule has 22 heavy (non-hydrogen) atoms. The Morgan fingerprint density at radius 1 is 1.45 bits per heavy atom. The summed E-state index contributed by atoms with van der Waals surface area (Å²) in [6.45, 7) is 15.4. The fraction of sp³-hybridized carbons (Fsp3) is 0.812. The first-order valence-electron chi connectivity index (χ1n) is 7.95. The lowest BCUT2D eigenvalue weighted by Crippen LogP contribution is -2.44. The molecule has 2 unspecified atom stereocenters. The second-order valence-electron chi connectivity index (χ2n) is 7.42. The number of ether oxygens (including phenoxy) is 1. The number of hydrogen-bond acceptors (Lipinski definition) is 4. The number of nitrogens with zero attached hydrogens (tertiary/aromatic N) is 1. The van der Waals surface area contributed by atoms with Crippen molar-refractivity contribution in [3.63, 3.8) is 0 Å². The summed E-state index contributed by atoms with van der Waals surface area (Å²) in [5.41, 5.74) is 0. The molecule has 0 aromatic heterocycles. The minimum absolute atomic E-state index is 0.0166. The third-order valence-corrected chi connectivity index (χ3v) is 9.20. The lowest BCUT2D eigenvalue weighted by molar-refractivity contribution is 0.0985. The van der Waals surface area contributed by atoms with E-state index in [4.69, 9.17) is 9.16 Å². The molecule has 128 valence electrons. The molecule has 1 rings (SSSR count). The maximum atomic E-state index is 12.1. The molecule has 1 amide bonds. The van der Waals surface area contributed by atoms with Crippen molar-refractivity contribution in [2.45, 2.75) is 63.9 Å². The number of aliphatic hydroxyl groups is 1. The summed E-state index contributed by atoms with van der Waals surface area (Å²) in [4.78, 5) is 13.8. The van der Waals surface area contributed by atoms with Crippen molar-refractivity contribution in [2.75, 3.05) is 19.8 Å². The van der Waals surface area contributed by atoms with Crippen LogP contribution in [0.25, 0.3) is 0 Å². The SMILES string of the molecule is C=CCOC(=O)N1CC(O[Si](C)(C)C(C)(C)C)CC1CCO. The smallest absolute Gasteiger partial charge is 0.410 e. The average Bonchev–Trinajstić information content (AvgIpc) is 2.77. The molecule has 1 aliphatic rings. The largest absolute Gasteiger partial charge is 0.445 e. The van der Waals surface area contributed by atoms with Crippen LogP contribution < -0.4 is 0 Å². The highest BCUT2D eigenvalue weighted by atomic mass is 28.4. The molecule has 6 heteroatoms. The lowest BCUT2D eigenvalue weighted by Gasteiger charge is -2.38. The third kappa shape index (κ3) is 4.83. The minimum Gasteiger partial charge on any atom is -0.445 e. The molecule has 0 spiro atoms. The van der Waals surface area contributed by atoms with Gasteiger partial charge in [-0.15, -0.1) is 0 Å². The zero-order valence-corrected chi connectivity index (χ0v) is 15.6. The predicted molar refractivity (Wildman–Crippen MR) is 90.4 cm³/mol. The monoisotopic (exact) mass is 329 g/mol. The van der Waals surface area contributed by atoms with Gasteiger partial charge in [-0.25, -0.2) is 4.79 Å². The van der Waals surface area contributed by atoms with E-state index < -0.39 is 8.32 Å². The summed E-state index contributed by atoms with van der Waals surface area (Å²) in [6, 6.07) is -0.0166.